The van der Waals surface area contributed by atoms with Crippen LogP contribution in [0.3, 0.4) is 0 Å². The lowest BCUT2D eigenvalue weighted by Gasteiger charge is -2.06. The van der Waals surface area contributed by atoms with Crippen LogP contribution in [0.15, 0.2) is 29.2 Å². The monoisotopic (exact) mass is 269 g/mol. The Hall–Kier alpha value is -1.40. The van der Waals surface area contributed by atoms with Crippen LogP contribution in [0.1, 0.15) is 30.1 Å². The molecule has 0 spiro atoms. The van der Waals surface area contributed by atoms with Crippen LogP contribution in [0.2, 0.25) is 0 Å². The Morgan fingerprint density at radius 1 is 1.39 bits per heavy atom. The predicted octanol–water partition coefficient (Wildman–Crippen LogP) is 1.46. The minimum Gasteiger partial charge on any atom is -0.478 e. The number of carboxylic acid groups (broad SMARTS) is 1. The second-order valence-corrected chi connectivity index (χ2v) is 6.18. The zero-order chi connectivity index (χ0) is 13.3. The fourth-order valence-corrected chi connectivity index (χ4v) is 3.20. The Kier molecular flexibility index (Phi) is 3.41. The van der Waals surface area contributed by atoms with Crippen molar-refractivity contribution in [2.24, 2.45) is 5.92 Å². The third-order valence-electron chi connectivity index (χ3n) is 3.17. The molecule has 2 N–H and O–H groups in total. The van der Waals surface area contributed by atoms with Gasteiger partial charge in [0.25, 0.3) is 0 Å². The second kappa shape index (κ2) is 4.70. The van der Waals surface area contributed by atoms with E-state index < -0.39 is 16.0 Å². The highest BCUT2D eigenvalue weighted by atomic mass is 32.2. The van der Waals surface area contributed by atoms with Crippen LogP contribution < -0.4 is 4.72 Å². The summed E-state index contributed by atoms with van der Waals surface area (Å²) in [4.78, 5) is 10.8. The Morgan fingerprint density at radius 3 is 2.44 bits per heavy atom. The summed E-state index contributed by atoms with van der Waals surface area (Å²) in [5, 5.41) is 8.74. The van der Waals surface area contributed by atoms with E-state index in [0.29, 0.717) is 5.92 Å². The molecule has 2 unspecified atom stereocenters. The predicted molar refractivity (Wildman–Crippen MR) is 65.9 cm³/mol. The van der Waals surface area contributed by atoms with Crippen molar-refractivity contribution in [2.75, 3.05) is 0 Å². The minimum atomic E-state index is -3.53. The highest BCUT2D eigenvalue weighted by molar-refractivity contribution is 7.89. The van der Waals surface area contributed by atoms with Crippen molar-refractivity contribution in [3.63, 3.8) is 0 Å². The van der Waals surface area contributed by atoms with Crippen molar-refractivity contribution in [3.05, 3.63) is 29.8 Å². The first-order valence-electron chi connectivity index (χ1n) is 5.79. The van der Waals surface area contributed by atoms with E-state index in [-0.39, 0.29) is 16.5 Å². The Bertz CT molecular complexity index is 550. The van der Waals surface area contributed by atoms with E-state index in [1.807, 2.05) is 6.92 Å². The molecule has 1 fully saturated rings. The van der Waals surface area contributed by atoms with Gasteiger partial charge in [0.05, 0.1) is 10.5 Å². The van der Waals surface area contributed by atoms with Gasteiger partial charge in [-0.3, -0.25) is 0 Å². The molecule has 0 saturated heterocycles. The number of benzene rings is 1. The lowest BCUT2D eigenvalue weighted by atomic mass is 10.2. The molecule has 0 amide bonds. The lowest BCUT2D eigenvalue weighted by Crippen LogP contribution is -2.27. The quantitative estimate of drug-likeness (QED) is 0.847. The van der Waals surface area contributed by atoms with Crippen molar-refractivity contribution in [3.8, 4) is 0 Å². The summed E-state index contributed by atoms with van der Waals surface area (Å²) < 4.78 is 26.6. The lowest BCUT2D eigenvalue weighted by molar-refractivity contribution is 0.0696. The van der Waals surface area contributed by atoms with E-state index in [4.69, 9.17) is 5.11 Å². The Balaban J connectivity index is 2.12. The highest BCUT2D eigenvalue weighted by Crippen LogP contribution is 2.34. The maximum Gasteiger partial charge on any atom is 0.335 e. The number of rotatable bonds is 5. The summed E-state index contributed by atoms with van der Waals surface area (Å²) in [6.07, 6.45) is 1.84. The molecule has 98 valence electrons. The van der Waals surface area contributed by atoms with Crippen molar-refractivity contribution >= 4 is 16.0 Å². The fraction of sp³-hybridized carbons (Fsp3) is 0.417. The Morgan fingerprint density at radius 2 is 2.00 bits per heavy atom. The fourth-order valence-electron chi connectivity index (χ4n) is 1.89. The zero-order valence-electron chi connectivity index (χ0n) is 9.96. The van der Waals surface area contributed by atoms with Crippen LogP contribution in [0, 0.1) is 5.92 Å². The molecule has 6 heteroatoms. The first kappa shape index (κ1) is 13.0. The maximum absolute atomic E-state index is 12.0. The Labute approximate surface area is 106 Å². The molecule has 1 saturated carbocycles. The number of aromatic carboxylic acids is 1. The smallest absolute Gasteiger partial charge is 0.335 e. The van der Waals surface area contributed by atoms with Crippen molar-refractivity contribution < 1.29 is 18.3 Å². The summed E-state index contributed by atoms with van der Waals surface area (Å²) >= 11 is 0. The maximum atomic E-state index is 12.0. The van der Waals surface area contributed by atoms with Gasteiger partial charge in [0.2, 0.25) is 10.0 Å². The van der Waals surface area contributed by atoms with Crippen molar-refractivity contribution in [1.29, 1.82) is 0 Å². The SMILES string of the molecule is CCC1CC1NS(=O)(=O)c1ccc(C(=O)O)cc1. The minimum absolute atomic E-state index is 0.0270. The molecule has 0 aliphatic heterocycles. The number of hydrogen-bond donors (Lipinski definition) is 2. The molecule has 0 radical (unpaired) electrons. The number of carboxylic acids is 1. The summed E-state index contributed by atoms with van der Waals surface area (Å²) in [5.74, 6) is -0.641. The van der Waals surface area contributed by atoms with Gasteiger partial charge in [-0.25, -0.2) is 17.9 Å². The van der Waals surface area contributed by atoms with Gasteiger partial charge in [-0.15, -0.1) is 0 Å². The highest BCUT2D eigenvalue weighted by Gasteiger charge is 2.38. The van der Waals surface area contributed by atoms with Crippen molar-refractivity contribution in [1.82, 2.24) is 4.72 Å². The third kappa shape index (κ3) is 2.70. The summed E-state index contributed by atoms with van der Waals surface area (Å²) in [6.45, 7) is 2.03. The van der Waals surface area contributed by atoms with Gasteiger partial charge in [-0.1, -0.05) is 13.3 Å². The standard InChI is InChI=1S/C12H15NO4S/c1-2-8-7-11(8)13-18(16,17)10-5-3-9(4-6-10)12(14)15/h3-6,8,11,13H,2,7H2,1H3,(H,14,15). The average molecular weight is 269 g/mol. The van der Waals surface area contributed by atoms with E-state index in [1.165, 1.54) is 24.3 Å². The number of carbonyl (C=O) groups is 1. The van der Waals surface area contributed by atoms with Crippen LogP contribution in [0.4, 0.5) is 0 Å². The zero-order valence-corrected chi connectivity index (χ0v) is 10.8. The van der Waals surface area contributed by atoms with E-state index in [2.05, 4.69) is 4.72 Å². The van der Waals surface area contributed by atoms with Crippen LogP contribution in [-0.4, -0.2) is 25.5 Å². The number of nitrogens with one attached hydrogen (secondary N) is 1. The van der Waals surface area contributed by atoms with Crippen molar-refractivity contribution in [2.45, 2.75) is 30.7 Å². The topological polar surface area (TPSA) is 83.5 Å². The van der Waals surface area contributed by atoms with Crippen LogP contribution in [0.5, 0.6) is 0 Å². The van der Waals surface area contributed by atoms with Gasteiger partial charge in [-0.2, -0.15) is 0 Å². The summed E-state index contributed by atoms with van der Waals surface area (Å²) in [7, 11) is -3.53. The first-order chi connectivity index (χ1) is 8.44. The van der Waals surface area contributed by atoms with Gasteiger partial charge in [0.1, 0.15) is 0 Å². The average Bonchev–Trinajstić information content (AvgIpc) is 3.06. The summed E-state index contributed by atoms with van der Waals surface area (Å²) in [5.41, 5.74) is 0.0757. The first-order valence-corrected chi connectivity index (χ1v) is 7.28. The van der Waals surface area contributed by atoms with E-state index in [9.17, 15) is 13.2 Å². The van der Waals surface area contributed by atoms with Crippen LogP contribution >= 0.6 is 0 Å². The molecule has 0 aromatic heterocycles. The third-order valence-corrected chi connectivity index (χ3v) is 4.67. The van der Waals surface area contributed by atoms with Gasteiger partial charge < -0.3 is 5.11 Å². The molecule has 1 aromatic rings. The van der Waals surface area contributed by atoms with E-state index >= 15 is 0 Å². The summed E-state index contributed by atoms with van der Waals surface area (Å²) in [6, 6.07) is 5.24. The van der Waals surface area contributed by atoms with E-state index in [1.54, 1.807) is 0 Å². The molecule has 1 aliphatic rings. The van der Waals surface area contributed by atoms with E-state index in [0.717, 1.165) is 12.8 Å². The molecule has 0 heterocycles. The van der Waals surface area contributed by atoms with Gasteiger partial charge in [-0.05, 0) is 36.6 Å². The van der Waals surface area contributed by atoms with Crippen LogP contribution in [0.25, 0.3) is 0 Å². The number of hydrogen-bond acceptors (Lipinski definition) is 3. The van der Waals surface area contributed by atoms with Crippen LogP contribution in [-0.2, 0) is 10.0 Å². The molecular weight excluding hydrogens is 254 g/mol. The molecule has 18 heavy (non-hydrogen) atoms. The van der Waals surface area contributed by atoms with Gasteiger partial charge in [0.15, 0.2) is 0 Å². The molecule has 2 atom stereocenters. The van der Waals surface area contributed by atoms with Gasteiger partial charge >= 0.3 is 5.97 Å². The normalized spacial score (nSPS) is 22.7. The second-order valence-electron chi connectivity index (χ2n) is 4.46. The van der Waals surface area contributed by atoms with Gasteiger partial charge in [0, 0.05) is 6.04 Å². The molecular formula is C12H15NO4S. The molecule has 0 bridgehead atoms. The molecule has 1 aromatic carbocycles. The largest absolute Gasteiger partial charge is 0.478 e. The molecule has 5 nitrogen and oxygen atoms in total. The number of sulfonamides is 1. The molecule has 2 rings (SSSR count). The molecule has 1 aliphatic carbocycles.